The molecule has 1 aliphatic heterocycles. The molecule has 4 heterocycles. The van der Waals surface area contributed by atoms with Gasteiger partial charge in [0.05, 0.1) is 22.3 Å². The molecule has 0 bridgehead atoms. The van der Waals surface area contributed by atoms with E-state index in [1.807, 2.05) is 6.20 Å². The minimum Gasteiger partial charge on any atom is -0.353 e. The van der Waals surface area contributed by atoms with Gasteiger partial charge in [0.15, 0.2) is 0 Å². The van der Waals surface area contributed by atoms with E-state index in [2.05, 4.69) is 68.5 Å². The Morgan fingerprint density at radius 3 is 2.69 bits per heavy atom. The van der Waals surface area contributed by atoms with Crippen LogP contribution in [-0.4, -0.2) is 46.0 Å². The predicted molar refractivity (Wildman–Crippen MR) is 119 cm³/mol. The van der Waals surface area contributed by atoms with Crippen LogP contribution in [0.4, 0.5) is 5.82 Å². The molecule has 1 aliphatic rings. The number of pyridine rings is 1. The first-order valence-electron chi connectivity index (χ1n) is 9.94. The second-order valence-corrected chi connectivity index (χ2v) is 8.39. The van der Waals surface area contributed by atoms with Gasteiger partial charge in [0.25, 0.3) is 0 Å². The molecule has 5 rings (SSSR count). The highest BCUT2D eigenvalue weighted by atomic mass is 32.1. The lowest BCUT2D eigenvalue weighted by molar-refractivity contribution is 0.249. The molecule has 0 N–H and O–H groups in total. The zero-order chi connectivity index (χ0) is 19.6. The highest BCUT2D eigenvalue weighted by Gasteiger charge is 2.20. The van der Waals surface area contributed by atoms with Crippen molar-refractivity contribution in [2.75, 3.05) is 31.1 Å². The van der Waals surface area contributed by atoms with Gasteiger partial charge in [-0.05, 0) is 35.6 Å². The fraction of sp³-hybridized carbons (Fsp3) is 0.261. The van der Waals surface area contributed by atoms with Gasteiger partial charge in [-0.15, -0.1) is 11.3 Å². The van der Waals surface area contributed by atoms with Crippen LogP contribution in [0.3, 0.4) is 0 Å². The fourth-order valence-electron chi connectivity index (χ4n) is 3.97. The fourth-order valence-corrected chi connectivity index (χ4v) is 4.72. The third-order valence-electron chi connectivity index (χ3n) is 5.52. The van der Waals surface area contributed by atoms with Crippen LogP contribution in [0.25, 0.3) is 21.5 Å². The van der Waals surface area contributed by atoms with Crippen molar-refractivity contribution >= 4 is 28.1 Å². The summed E-state index contributed by atoms with van der Waals surface area (Å²) in [5.41, 5.74) is 4.76. The Balaban J connectivity index is 1.41. The highest BCUT2D eigenvalue weighted by Crippen LogP contribution is 2.31. The number of piperazine rings is 1. The van der Waals surface area contributed by atoms with Crippen molar-refractivity contribution in [2.45, 2.75) is 13.5 Å². The largest absolute Gasteiger partial charge is 0.353 e. The number of para-hydroxylation sites is 1. The Hall–Kier alpha value is -2.83. The summed E-state index contributed by atoms with van der Waals surface area (Å²) in [4.78, 5) is 19.8. The summed E-state index contributed by atoms with van der Waals surface area (Å²) in [5.74, 6) is 0.967. The molecule has 4 aromatic rings. The number of anilines is 1. The third-order valence-corrected chi connectivity index (χ3v) is 6.40. The summed E-state index contributed by atoms with van der Waals surface area (Å²) in [5, 5.41) is 3.35. The highest BCUT2D eigenvalue weighted by molar-refractivity contribution is 7.13. The van der Waals surface area contributed by atoms with E-state index in [9.17, 15) is 0 Å². The zero-order valence-electron chi connectivity index (χ0n) is 16.5. The summed E-state index contributed by atoms with van der Waals surface area (Å²) >= 11 is 1.76. The number of thiophene rings is 1. The molecule has 5 nitrogen and oxygen atoms in total. The van der Waals surface area contributed by atoms with E-state index in [-0.39, 0.29) is 0 Å². The van der Waals surface area contributed by atoms with Crippen molar-refractivity contribution in [3.63, 3.8) is 0 Å². The maximum Gasteiger partial charge on any atom is 0.147 e. The van der Waals surface area contributed by atoms with Crippen LogP contribution in [0.5, 0.6) is 0 Å². The van der Waals surface area contributed by atoms with Gasteiger partial charge in [0.1, 0.15) is 5.82 Å². The van der Waals surface area contributed by atoms with Gasteiger partial charge in [-0.25, -0.2) is 9.97 Å². The van der Waals surface area contributed by atoms with E-state index in [0.29, 0.717) is 0 Å². The first kappa shape index (κ1) is 18.2. The molecular weight excluding hydrogens is 378 g/mol. The van der Waals surface area contributed by atoms with E-state index < -0.39 is 0 Å². The summed E-state index contributed by atoms with van der Waals surface area (Å²) in [6, 6.07) is 13.0. The quantitative estimate of drug-likeness (QED) is 0.508. The molecule has 29 heavy (non-hydrogen) atoms. The molecule has 3 aromatic heterocycles. The molecule has 1 fully saturated rings. The Kier molecular flexibility index (Phi) is 4.96. The van der Waals surface area contributed by atoms with Crippen LogP contribution in [0.15, 0.2) is 60.4 Å². The standard InChI is InChI=1S/C23H23N5S/c1-17-4-2-5-18-14-19(23(26-22(17)18)20-6-3-13-29-20)16-27-9-11-28(12-10-27)21-15-24-7-8-25-21/h2-8,13-15H,9-12,16H2,1H3. The molecule has 0 unspecified atom stereocenters. The predicted octanol–water partition coefficient (Wildman–Crippen LogP) is 4.38. The van der Waals surface area contributed by atoms with Gasteiger partial charge < -0.3 is 4.90 Å². The van der Waals surface area contributed by atoms with Crippen molar-refractivity contribution in [1.82, 2.24) is 19.9 Å². The lowest BCUT2D eigenvalue weighted by Gasteiger charge is -2.35. The van der Waals surface area contributed by atoms with Crippen LogP contribution in [0.1, 0.15) is 11.1 Å². The van der Waals surface area contributed by atoms with Gasteiger partial charge in [0.2, 0.25) is 0 Å². The second kappa shape index (κ2) is 7.89. The third kappa shape index (κ3) is 3.73. The molecule has 6 heteroatoms. The number of aromatic nitrogens is 3. The maximum atomic E-state index is 5.10. The smallest absolute Gasteiger partial charge is 0.147 e. The SMILES string of the molecule is Cc1cccc2cc(CN3CCN(c4cnccn4)CC3)c(-c3cccs3)nc12. The number of aryl methyl sites for hydroxylation is 1. The first-order valence-corrected chi connectivity index (χ1v) is 10.8. The molecule has 0 saturated carbocycles. The zero-order valence-corrected chi connectivity index (χ0v) is 17.3. The Morgan fingerprint density at radius 2 is 1.93 bits per heavy atom. The van der Waals surface area contributed by atoms with E-state index in [1.54, 1.807) is 23.7 Å². The minimum atomic E-state index is 0.915. The monoisotopic (exact) mass is 401 g/mol. The second-order valence-electron chi connectivity index (χ2n) is 7.45. The first-order chi connectivity index (χ1) is 14.3. The van der Waals surface area contributed by atoms with Crippen LogP contribution in [-0.2, 0) is 6.54 Å². The normalized spacial score (nSPS) is 15.1. The number of hydrogen-bond acceptors (Lipinski definition) is 6. The number of fused-ring (bicyclic) bond motifs is 1. The topological polar surface area (TPSA) is 45.2 Å². The molecule has 0 radical (unpaired) electrons. The Bertz CT molecular complexity index is 1100. The average molecular weight is 402 g/mol. The van der Waals surface area contributed by atoms with E-state index >= 15 is 0 Å². The summed E-state index contributed by atoms with van der Waals surface area (Å²) in [7, 11) is 0. The van der Waals surface area contributed by atoms with E-state index in [0.717, 1.165) is 49.8 Å². The van der Waals surface area contributed by atoms with Crippen LogP contribution < -0.4 is 4.90 Å². The molecule has 0 amide bonds. The molecule has 0 aliphatic carbocycles. The molecule has 146 valence electrons. The molecule has 0 atom stereocenters. The Morgan fingerprint density at radius 1 is 1.03 bits per heavy atom. The lowest BCUT2D eigenvalue weighted by atomic mass is 10.0. The minimum absolute atomic E-state index is 0.915. The van der Waals surface area contributed by atoms with Crippen molar-refractivity contribution in [3.8, 4) is 10.6 Å². The van der Waals surface area contributed by atoms with Crippen molar-refractivity contribution in [1.29, 1.82) is 0 Å². The van der Waals surface area contributed by atoms with Crippen LogP contribution >= 0.6 is 11.3 Å². The molecule has 1 aromatic carbocycles. The summed E-state index contributed by atoms with van der Waals surface area (Å²) in [6.45, 7) is 7.00. The number of nitrogens with zero attached hydrogens (tertiary/aromatic N) is 5. The number of hydrogen-bond donors (Lipinski definition) is 0. The lowest BCUT2D eigenvalue weighted by Crippen LogP contribution is -2.46. The molecule has 1 saturated heterocycles. The van der Waals surface area contributed by atoms with Gasteiger partial charge in [-0.1, -0.05) is 24.3 Å². The summed E-state index contributed by atoms with van der Waals surface area (Å²) < 4.78 is 0. The van der Waals surface area contributed by atoms with Gasteiger partial charge in [-0.2, -0.15) is 0 Å². The summed E-state index contributed by atoms with van der Waals surface area (Å²) in [6.07, 6.45) is 5.33. The van der Waals surface area contributed by atoms with Crippen molar-refractivity contribution < 1.29 is 0 Å². The van der Waals surface area contributed by atoms with Gasteiger partial charge in [0, 0.05) is 50.5 Å². The average Bonchev–Trinajstić information content (AvgIpc) is 3.30. The van der Waals surface area contributed by atoms with Gasteiger partial charge >= 0.3 is 0 Å². The Labute approximate surface area is 174 Å². The van der Waals surface area contributed by atoms with Crippen molar-refractivity contribution in [2.24, 2.45) is 0 Å². The number of benzene rings is 1. The van der Waals surface area contributed by atoms with E-state index in [1.165, 1.54) is 21.4 Å². The maximum absolute atomic E-state index is 5.10. The van der Waals surface area contributed by atoms with Crippen LogP contribution in [0.2, 0.25) is 0 Å². The van der Waals surface area contributed by atoms with Crippen molar-refractivity contribution in [3.05, 3.63) is 71.5 Å². The van der Waals surface area contributed by atoms with Crippen LogP contribution in [0, 0.1) is 6.92 Å². The van der Waals surface area contributed by atoms with E-state index in [4.69, 9.17) is 4.98 Å². The van der Waals surface area contributed by atoms with Gasteiger partial charge in [-0.3, -0.25) is 9.88 Å². The number of rotatable bonds is 4. The molecule has 0 spiro atoms. The molecular formula is C23H23N5S.